The Labute approximate surface area is 91.4 Å². The predicted octanol–water partition coefficient (Wildman–Crippen LogP) is 2.31. The second-order valence-electron chi connectivity index (χ2n) is 4.53. The van der Waals surface area contributed by atoms with Crippen LogP contribution >= 0.6 is 0 Å². The number of hydrogen-bond acceptors (Lipinski definition) is 3. The summed E-state index contributed by atoms with van der Waals surface area (Å²) in [4.78, 5) is 11.3. The van der Waals surface area contributed by atoms with Crippen molar-refractivity contribution >= 4 is 5.97 Å². The SMILES string of the molecule is C=C(C)C(=O)OCC1(C(C)C)CCCO1. The molecule has 0 aromatic heterocycles. The number of esters is 1. The largest absolute Gasteiger partial charge is 0.459 e. The summed E-state index contributed by atoms with van der Waals surface area (Å²) in [6.07, 6.45) is 2.01. The van der Waals surface area contributed by atoms with Gasteiger partial charge in [0.25, 0.3) is 0 Å². The highest BCUT2D eigenvalue weighted by atomic mass is 16.6. The van der Waals surface area contributed by atoms with Gasteiger partial charge >= 0.3 is 5.97 Å². The first-order valence-corrected chi connectivity index (χ1v) is 5.44. The average molecular weight is 212 g/mol. The summed E-state index contributed by atoms with van der Waals surface area (Å²) in [5, 5.41) is 0. The van der Waals surface area contributed by atoms with E-state index in [1.807, 2.05) is 0 Å². The molecule has 1 saturated heterocycles. The van der Waals surface area contributed by atoms with E-state index in [9.17, 15) is 4.79 Å². The van der Waals surface area contributed by atoms with Gasteiger partial charge in [-0.2, -0.15) is 0 Å². The maximum atomic E-state index is 11.3. The molecule has 0 aliphatic carbocycles. The van der Waals surface area contributed by atoms with E-state index in [0.717, 1.165) is 19.4 Å². The van der Waals surface area contributed by atoms with E-state index in [4.69, 9.17) is 9.47 Å². The number of hydrogen-bond donors (Lipinski definition) is 0. The molecule has 1 aliphatic rings. The molecule has 3 nitrogen and oxygen atoms in total. The zero-order chi connectivity index (χ0) is 11.5. The topological polar surface area (TPSA) is 35.5 Å². The fraction of sp³-hybridized carbons (Fsp3) is 0.750. The van der Waals surface area contributed by atoms with Crippen LogP contribution < -0.4 is 0 Å². The Morgan fingerprint density at radius 2 is 2.27 bits per heavy atom. The molecule has 0 amide bonds. The monoisotopic (exact) mass is 212 g/mol. The van der Waals surface area contributed by atoms with Crippen molar-refractivity contribution in [3.63, 3.8) is 0 Å². The van der Waals surface area contributed by atoms with Gasteiger partial charge in [0.1, 0.15) is 12.2 Å². The number of carbonyl (C=O) groups is 1. The van der Waals surface area contributed by atoms with E-state index < -0.39 is 0 Å². The third-order valence-corrected chi connectivity index (χ3v) is 2.98. The average Bonchev–Trinajstić information content (AvgIpc) is 2.63. The summed E-state index contributed by atoms with van der Waals surface area (Å²) in [6.45, 7) is 10.5. The third kappa shape index (κ3) is 2.81. The lowest BCUT2D eigenvalue weighted by molar-refractivity contribution is -0.151. The molecule has 1 heterocycles. The fourth-order valence-electron chi connectivity index (χ4n) is 1.77. The van der Waals surface area contributed by atoms with Gasteiger partial charge in [-0.05, 0) is 25.7 Å². The molecule has 0 radical (unpaired) electrons. The molecule has 0 N–H and O–H groups in total. The molecule has 0 aromatic carbocycles. The minimum absolute atomic E-state index is 0.273. The first kappa shape index (κ1) is 12.2. The highest BCUT2D eigenvalue weighted by Crippen LogP contribution is 2.33. The smallest absolute Gasteiger partial charge is 0.333 e. The van der Waals surface area contributed by atoms with E-state index in [0.29, 0.717) is 18.1 Å². The molecular formula is C12H20O3. The van der Waals surface area contributed by atoms with Crippen LogP contribution in [0.25, 0.3) is 0 Å². The molecule has 3 heteroatoms. The second kappa shape index (κ2) is 4.79. The van der Waals surface area contributed by atoms with Crippen LogP contribution in [0.4, 0.5) is 0 Å². The zero-order valence-electron chi connectivity index (χ0n) is 9.84. The van der Waals surface area contributed by atoms with E-state index in [1.165, 1.54) is 0 Å². The quantitative estimate of drug-likeness (QED) is 0.530. The van der Waals surface area contributed by atoms with Crippen molar-refractivity contribution in [1.82, 2.24) is 0 Å². The Morgan fingerprint density at radius 3 is 2.67 bits per heavy atom. The number of carbonyl (C=O) groups excluding carboxylic acids is 1. The van der Waals surface area contributed by atoms with Crippen LogP contribution in [0.15, 0.2) is 12.2 Å². The lowest BCUT2D eigenvalue weighted by Gasteiger charge is -2.31. The molecule has 15 heavy (non-hydrogen) atoms. The predicted molar refractivity (Wildman–Crippen MR) is 58.5 cm³/mol. The minimum atomic E-state index is -0.328. The summed E-state index contributed by atoms with van der Waals surface area (Å²) in [5.74, 6) is 0.0310. The van der Waals surface area contributed by atoms with E-state index in [1.54, 1.807) is 6.92 Å². The van der Waals surface area contributed by atoms with Crippen molar-refractivity contribution in [2.24, 2.45) is 5.92 Å². The zero-order valence-corrected chi connectivity index (χ0v) is 9.84. The highest BCUT2D eigenvalue weighted by Gasteiger charge is 2.39. The maximum Gasteiger partial charge on any atom is 0.333 e. The molecule has 0 bridgehead atoms. The number of rotatable bonds is 4. The van der Waals surface area contributed by atoms with Crippen LogP contribution in [-0.4, -0.2) is 24.8 Å². The van der Waals surface area contributed by atoms with Crippen molar-refractivity contribution < 1.29 is 14.3 Å². The van der Waals surface area contributed by atoms with E-state index in [-0.39, 0.29) is 11.6 Å². The van der Waals surface area contributed by atoms with Gasteiger partial charge in [-0.3, -0.25) is 0 Å². The third-order valence-electron chi connectivity index (χ3n) is 2.98. The molecule has 0 aromatic rings. The van der Waals surface area contributed by atoms with Crippen molar-refractivity contribution in [3.05, 3.63) is 12.2 Å². The van der Waals surface area contributed by atoms with Gasteiger partial charge in [0, 0.05) is 12.2 Å². The Hall–Kier alpha value is -0.830. The number of ether oxygens (including phenoxy) is 2. The summed E-state index contributed by atoms with van der Waals surface area (Å²) < 4.78 is 10.9. The Morgan fingerprint density at radius 1 is 1.60 bits per heavy atom. The van der Waals surface area contributed by atoms with Gasteiger partial charge in [-0.15, -0.1) is 0 Å². The van der Waals surface area contributed by atoms with Crippen molar-refractivity contribution in [3.8, 4) is 0 Å². The highest BCUT2D eigenvalue weighted by molar-refractivity contribution is 5.86. The van der Waals surface area contributed by atoms with Crippen LogP contribution in [0, 0.1) is 5.92 Å². The van der Waals surface area contributed by atoms with E-state index in [2.05, 4.69) is 20.4 Å². The van der Waals surface area contributed by atoms with Crippen LogP contribution in [0.1, 0.15) is 33.6 Å². The van der Waals surface area contributed by atoms with E-state index >= 15 is 0 Å². The van der Waals surface area contributed by atoms with Gasteiger partial charge in [-0.1, -0.05) is 20.4 Å². The Kier molecular flexibility index (Phi) is 3.91. The standard InChI is InChI=1S/C12H20O3/c1-9(2)11(13)14-8-12(10(3)4)6-5-7-15-12/h10H,1,5-8H2,2-4H3. The second-order valence-corrected chi connectivity index (χ2v) is 4.53. The van der Waals surface area contributed by atoms with Crippen molar-refractivity contribution in [2.75, 3.05) is 13.2 Å². The Balaban J connectivity index is 2.53. The van der Waals surface area contributed by atoms with Crippen molar-refractivity contribution in [1.29, 1.82) is 0 Å². The molecule has 1 fully saturated rings. The molecule has 1 atom stereocenters. The summed E-state index contributed by atoms with van der Waals surface area (Å²) >= 11 is 0. The fourth-order valence-corrected chi connectivity index (χ4v) is 1.77. The lowest BCUT2D eigenvalue weighted by Crippen LogP contribution is -2.40. The lowest BCUT2D eigenvalue weighted by atomic mass is 9.88. The molecule has 1 aliphatic heterocycles. The maximum absolute atomic E-state index is 11.3. The van der Waals surface area contributed by atoms with Gasteiger partial charge < -0.3 is 9.47 Å². The van der Waals surface area contributed by atoms with Gasteiger partial charge in [-0.25, -0.2) is 4.79 Å². The van der Waals surface area contributed by atoms with Crippen LogP contribution in [0.3, 0.4) is 0 Å². The van der Waals surface area contributed by atoms with Gasteiger partial charge in [0.15, 0.2) is 0 Å². The van der Waals surface area contributed by atoms with Crippen LogP contribution in [0.2, 0.25) is 0 Å². The van der Waals surface area contributed by atoms with Crippen LogP contribution in [0.5, 0.6) is 0 Å². The Bertz CT molecular complexity index is 250. The first-order chi connectivity index (χ1) is 6.98. The van der Waals surface area contributed by atoms with Gasteiger partial charge in [0.05, 0.1) is 0 Å². The minimum Gasteiger partial charge on any atom is -0.459 e. The van der Waals surface area contributed by atoms with Gasteiger partial charge in [0.2, 0.25) is 0 Å². The van der Waals surface area contributed by atoms with Crippen molar-refractivity contribution in [2.45, 2.75) is 39.2 Å². The molecule has 86 valence electrons. The molecular weight excluding hydrogens is 192 g/mol. The first-order valence-electron chi connectivity index (χ1n) is 5.44. The normalized spacial score (nSPS) is 25.6. The molecule has 0 saturated carbocycles. The van der Waals surface area contributed by atoms with Crippen LogP contribution in [-0.2, 0) is 14.3 Å². The molecule has 1 unspecified atom stereocenters. The molecule has 1 rings (SSSR count). The summed E-state index contributed by atoms with van der Waals surface area (Å²) in [6, 6.07) is 0. The molecule has 0 spiro atoms. The summed E-state index contributed by atoms with van der Waals surface area (Å²) in [7, 11) is 0. The summed E-state index contributed by atoms with van der Waals surface area (Å²) in [5.41, 5.74) is 0.164.